The summed E-state index contributed by atoms with van der Waals surface area (Å²) in [4.78, 5) is 14.3. The first-order valence-electron chi connectivity index (χ1n) is 5.78. The second-order valence-electron chi connectivity index (χ2n) is 4.26. The molecule has 110 valence electrons. The number of aromatic carboxylic acids is 1. The summed E-state index contributed by atoms with van der Waals surface area (Å²) >= 11 is 0. The van der Waals surface area contributed by atoms with E-state index in [-0.39, 0.29) is 16.3 Å². The van der Waals surface area contributed by atoms with Crippen LogP contribution in [0.4, 0.5) is 10.1 Å². The van der Waals surface area contributed by atoms with Gasteiger partial charge in [0.1, 0.15) is 5.82 Å². The highest BCUT2D eigenvalue weighted by molar-refractivity contribution is 7.92. The summed E-state index contributed by atoms with van der Waals surface area (Å²) in [6.07, 6.45) is 0.953. The van der Waals surface area contributed by atoms with E-state index in [4.69, 9.17) is 5.11 Å². The number of carbonyl (C=O) groups is 1. The molecule has 0 atom stereocenters. The third-order valence-electron chi connectivity index (χ3n) is 2.69. The lowest BCUT2D eigenvalue weighted by Crippen LogP contribution is -2.15. The molecule has 0 aliphatic carbocycles. The van der Waals surface area contributed by atoms with Gasteiger partial charge in [0, 0.05) is 6.20 Å². The van der Waals surface area contributed by atoms with Crippen LogP contribution >= 0.6 is 0 Å². The Kier molecular flexibility index (Phi) is 3.90. The second kappa shape index (κ2) is 5.49. The number of pyridine rings is 1. The first-order chi connectivity index (χ1) is 9.79. The Morgan fingerprint density at radius 1 is 1.29 bits per heavy atom. The molecule has 0 aliphatic heterocycles. The fourth-order valence-corrected chi connectivity index (χ4v) is 2.67. The third-order valence-corrected chi connectivity index (χ3v) is 3.97. The Morgan fingerprint density at radius 3 is 2.52 bits per heavy atom. The smallest absolute Gasteiger partial charge is 0.337 e. The van der Waals surface area contributed by atoms with Gasteiger partial charge in [-0.2, -0.15) is 8.42 Å². The number of carboxylic acids is 1. The van der Waals surface area contributed by atoms with Gasteiger partial charge in [-0.05, 0) is 42.8 Å². The number of aryl methyl sites for hydroxylation is 1. The molecule has 2 aromatic rings. The molecule has 0 amide bonds. The number of anilines is 1. The largest absolute Gasteiger partial charge is 0.478 e. The third kappa shape index (κ3) is 3.34. The Hall–Kier alpha value is -2.48. The van der Waals surface area contributed by atoms with E-state index < -0.39 is 21.8 Å². The van der Waals surface area contributed by atoms with E-state index in [0.29, 0.717) is 5.56 Å². The molecule has 6 nitrogen and oxygen atoms in total. The number of nitrogens with zero attached hydrogens (tertiary/aromatic N) is 1. The van der Waals surface area contributed by atoms with Gasteiger partial charge >= 0.3 is 5.97 Å². The van der Waals surface area contributed by atoms with Crippen LogP contribution in [0.2, 0.25) is 0 Å². The average Bonchev–Trinajstić information content (AvgIpc) is 2.42. The van der Waals surface area contributed by atoms with E-state index in [2.05, 4.69) is 9.71 Å². The molecule has 1 aromatic heterocycles. The number of hydrogen-bond donors (Lipinski definition) is 2. The molecule has 1 aromatic carbocycles. The van der Waals surface area contributed by atoms with Crippen molar-refractivity contribution in [3.8, 4) is 0 Å². The normalized spacial score (nSPS) is 11.1. The fraction of sp³-hybridized carbons (Fsp3) is 0.0769. The lowest BCUT2D eigenvalue weighted by Gasteiger charge is -2.10. The summed E-state index contributed by atoms with van der Waals surface area (Å²) in [7, 11) is -3.97. The van der Waals surface area contributed by atoms with Crippen molar-refractivity contribution in [1.82, 2.24) is 4.98 Å². The highest BCUT2D eigenvalue weighted by Gasteiger charge is 2.17. The van der Waals surface area contributed by atoms with Gasteiger partial charge in [-0.25, -0.2) is 14.2 Å². The minimum Gasteiger partial charge on any atom is -0.478 e. The van der Waals surface area contributed by atoms with Crippen LogP contribution in [0.1, 0.15) is 15.9 Å². The SMILES string of the molecule is Cc1cc(F)ccc1NS(=O)(=O)c1ccc(C(=O)O)cn1. The number of aromatic nitrogens is 1. The van der Waals surface area contributed by atoms with Gasteiger partial charge in [-0.1, -0.05) is 0 Å². The molecule has 0 saturated carbocycles. The number of nitrogens with one attached hydrogen (secondary N) is 1. The molecule has 0 spiro atoms. The van der Waals surface area contributed by atoms with Crippen LogP contribution in [0.25, 0.3) is 0 Å². The van der Waals surface area contributed by atoms with Crippen molar-refractivity contribution in [2.24, 2.45) is 0 Å². The van der Waals surface area contributed by atoms with Crippen LogP contribution in [0, 0.1) is 12.7 Å². The number of carboxylic acid groups (broad SMARTS) is 1. The predicted octanol–water partition coefficient (Wildman–Crippen LogP) is 2.03. The zero-order valence-corrected chi connectivity index (χ0v) is 11.7. The van der Waals surface area contributed by atoms with Gasteiger partial charge in [0.25, 0.3) is 10.0 Å². The summed E-state index contributed by atoms with van der Waals surface area (Å²) in [5, 5.41) is 8.41. The Balaban J connectivity index is 2.31. The molecule has 21 heavy (non-hydrogen) atoms. The summed E-state index contributed by atoms with van der Waals surface area (Å²) in [5.74, 6) is -1.67. The van der Waals surface area contributed by atoms with Crippen LogP contribution in [0.3, 0.4) is 0 Å². The molecule has 1 heterocycles. The molecule has 8 heteroatoms. The number of benzene rings is 1. The molecular formula is C13H11FN2O4S. The molecule has 0 radical (unpaired) electrons. The van der Waals surface area contributed by atoms with Crippen molar-refractivity contribution >= 4 is 21.7 Å². The van der Waals surface area contributed by atoms with Crippen LogP contribution in [-0.2, 0) is 10.0 Å². The predicted molar refractivity (Wildman–Crippen MR) is 73.1 cm³/mol. The first kappa shape index (κ1) is 14.9. The maximum absolute atomic E-state index is 13.0. The van der Waals surface area contributed by atoms with Crippen LogP contribution in [0.15, 0.2) is 41.6 Å². The molecule has 0 bridgehead atoms. The monoisotopic (exact) mass is 310 g/mol. The summed E-state index contributed by atoms with van der Waals surface area (Å²) in [5.41, 5.74) is 0.521. The highest BCUT2D eigenvalue weighted by atomic mass is 32.2. The van der Waals surface area contributed by atoms with E-state index in [9.17, 15) is 17.6 Å². The summed E-state index contributed by atoms with van der Waals surface area (Å²) < 4.78 is 39.5. The fourth-order valence-electron chi connectivity index (χ4n) is 1.60. The second-order valence-corrected chi connectivity index (χ2v) is 5.88. The van der Waals surface area contributed by atoms with Crippen molar-refractivity contribution < 1.29 is 22.7 Å². The Labute approximate surface area is 120 Å². The van der Waals surface area contributed by atoms with Crippen LogP contribution in [-0.4, -0.2) is 24.5 Å². The number of hydrogen-bond acceptors (Lipinski definition) is 4. The van der Waals surface area contributed by atoms with Crippen molar-refractivity contribution in [2.45, 2.75) is 11.9 Å². The van der Waals surface area contributed by atoms with Crippen molar-refractivity contribution in [1.29, 1.82) is 0 Å². The molecule has 0 saturated heterocycles. The van der Waals surface area contributed by atoms with E-state index in [1.807, 2.05) is 0 Å². The van der Waals surface area contributed by atoms with E-state index >= 15 is 0 Å². The van der Waals surface area contributed by atoms with Crippen molar-refractivity contribution in [3.05, 3.63) is 53.5 Å². The zero-order chi connectivity index (χ0) is 15.6. The van der Waals surface area contributed by atoms with Gasteiger partial charge in [0.2, 0.25) is 0 Å². The zero-order valence-electron chi connectivity index (χ0n) is 10.9. The summed E-state index contributed by atoms with van der Waals surface area (Å²) in [6.45, 7) is 1.56. The maximum Gasteiger partial charge on any atom is 0.337 e. The molecular weight excluding hydrogens is 299 g/mol. The van der Waals surface area contributed by atoms with Crippen molar-refractivity contribution in [3.63, 3.8) is 0 Å². The topological polar surface area (TPSA) is 96.4 Å². The van der Waals surface area contributed by atoms with Crippen LogP contribution < -0.4 is 4.72 Å². The molecule has 2 rings (SSSR count). The van der Waals surface area contributed by atoms with Gasteiger partial charge in [0.15, 0.2) is 5.03 Å². The quantitative estimate of drug-likeness (QED) is 0.900. The summed E-state index contributed by atoms with van der Waals surface area (Å²) in [6, 6.07) is 5.85. The van der Waals surface area contributed by atoms with Gasteiger partial charge in [-0.3, -0.25) is 4.72 Å². The first-order valence-corrected chi connectivity index (χ1v) is 7.26. The highest BCUT2D eigenvalue weighted by Crippen LogP contribution is 2.19. The van der Waals surface area contributed by atoms with E-state index in [1.54, 1.807) is 6.92 Å². The molecule has 2 N–H and O–H groups in total. The van der Waals surface area contributed by atoms with Gasteiger partial charge in [0.05, 0.1) is 11.3 Å². The lowest BCUT2D eigenvalue weighted by atomic mass is 10.2. The minimum atomic E-state index is -3.97. The maximum atomic E-state index is 13.0. The van der Waals surface area contributed by atoms with Gasteiger partial charge < -0.3 is 5.11 Å². The number of sulfonamides is 1. The minimum absolute atomic E-state index is 0.119. The average molecular weight is 310 g/mol. The number of halogens is 1. The molecule has 0 aliphatic rings. The Morgan fingerprint density at radius 2 is 2.00 bits per heavy atom. The lowest BCUT2D eigenvalue weighted by molar-refractivity contribution is 0.0696. The van der Waals surface area contributed by atoms with Crippen LogP contribution in [0.5, 0.6) is 0 Å². The van der Waals surface area contributed by atoms with E-state index in [0.717, 1.165) is 24.4 Å². The Bertz CT molecular complexity index is 788. The standard InChI is InChI=1S/C13H11FN2O4S/c1-8-6-10(14)3-4-11(8)16-21(19,20)12-5-2-9(7-15-12)13(17)18/h2-7,16H,1H3,(H,17,18). The number of rotatable bonds is 4. The molecule has 0 unspecified atom stereocenters. The van der Waals surface area contributed by atoms with E-state index in [1.165, 1.54) is 12.1 Å². The molecule has 0 fully saturated rings. The van der Waals surface area contributed by atoms with Gasteiger partial charge in [-0.15, -0.1) is 0 Å². The van der Waals surface area contributed by atoms with Crippen molar-refractivity contribution in [2.75, 3.05) is 4.72 Å².